The average molecular weight is 83.9 g/mol. The molecule has 2 radical (unpaired) electrons. The van der Waals surface area contributed by atoms with Crippen molar-refractivity contribution in [3.05, 3.63) is 0 Å². The van der Waals surface area contributed by atoms with Gasteiger partial charge in [-0.15, -0.1) is 0 Å². The van der Waals surface area contributed by atoms with E-state index in [-0.39, 0.29) is 0 Å². The Bertz CT molecular complexity index is 44.8. The lowest BCUT2D eigenvalue weighted by Gasteiger charge is -1.99. The molecule has 1 aliphatic rings. The fraction of sp³-hybridized carbons (Fsp3) is 1.00. The Morgan fingerprint density at radius 1 is 1.83 bits per heavy atom. The maximum Gasteiger partial charge on any atom is 0.227 e. The van der Waals surface area contributed by atoms with Gasteiger partial charge in [-0.25, -0.2) is 9.91 Å². The highest BCUT2D eigenvalue weighted by Crippen LogP contribution is 1.83. The number of rotatable bonds is 0. The van der Waals surface area contributed by atoms with Crippen LogP contribution in [0.25, 0.3) is 0 Å². The van der Waals surface area contributed by atoms with Crippen molar-refractivity contribution < 1.29 is 4.94 Å². The van der Waals surface area contributed by atoms with E-state index in [1.165, 1.54) is 4.97 Å². The van der Waals surface area contributed by atoms with Gasteiger partial charge in [-0.05, 0) is 0 Å². The van der Waals surface area contributed by atoms with Gasteiger partial charge < -0.3 is 0 Å². The molecule has 32 valence electrons. The first-order valence-electron chi connectivity index (χ1n) is 1.81. The second kappa shape index (κ2) is 1.60. The third kappa shape index (κ3) is 0.709. The molecule has 0 aromatic carbocycles. The molecular weight excluding hydrogens is 78.8 g/mol. The van der Waals surface area contributed by atoms with E-state index in [0.29, 0.717) is 0 Å². The minimum Gasteiger partial charge on any atom is -0.225 e. The summed E-state index contributed by atoms with van der Waals surface area (Å²) in [7, 11) is 5.08. The Morgan fingerprint density at radius 2 is 2.67 bits per heavy atom. The molecule has 0 bridgehead atoms. The minimum atomic E-state index is 0.764. The summed E-state index contributed by atoms with van der Waals surface area (Å²) in [5.41, 5.74) is 2.57. The molecule has 1 fully saturated rings. The smallest absolute Gasteiger partial charge is 0.225 e. The van der Waals surface area contributed by atoms with E-state index < -0.39 is 0 Å². The first-order valence-corrected chi connectivity index (χ1v) is 1.81. The van der Waals surface area contributed by atoms with Gasteiger partial charge in [-0.2, -0.15) is 5.48 Å². The van der Waals surface area contributed by atoms with Crippen molar-refractivity contribution in [2.45, 2.75) is 0 Å². The Kier molecular flexibility index (Phi) is 1.09. The lowest BCUT2D eigenvalue weighted by atomic mass is 10.4. The van der Waals surface area contributed by atoms with Gasteiger partial charge in [0.1, 0.15) is 0 Å². The zero-order valence-electron chi connectivity index (χ0n) is 3.35. The number of hydroxylamine groups is 2. The molecule has 0 unspecified atom stereocenters. The van der Waals surface area contributed by atoms with Crippen LogP contribution in [0, 0.1) is 0 Å². The Labute approximate surface area is 37.6 Å². The Hall–Kier alpha value is -0.0551. The van der Waals surface area contributed by atoms with Gasteiger partial charge in [0.2, 0.25) is 7.98 Å². The van der Waals surface area contributed by atoms with E-state index in [0.717, 1.165) is 13.1 Å². The molecule has 0 aliphatic carbocycles. The van der Waals surface area contributed by atoms with Crippen molar-refractivity contribution >= 4 is 7.98 Å². The number of hydrogen-bond donors (Lipinski definition) is 1. The van der Waals surface area contributed by atoms with E-state index in [1.807, 2.05) is 0 Å². The number of nitrogens with one attached hydrogen (secondary N) is 1. The van der Waals surface area contributed by atoms with Crippen LogP contribution in [0.4, 0.5) is 0 Å². The maximum atomic E-state index is 5.08. The topological polar surface area (TPSA) is 24.5 Å². The van der Waals surface area contributed by atoms with E-state index in [2.05, 4.69) is 10.4 Å². The van der Waals surface area contributed by atoms with Crippen molar-refractivity contribution in [3.63, 3.8) is 0 Å². The molecule has 1 rings (SSSR count). The summed E-state index contributed by atoms with van der Waals surface area (Å²) in [5, 5.41) is 0. The first kappa shape index (κ1) is 4.11. The highest BCUT2D eigenvalue weighted by molar-refractivity contribution is 6.03. The van der Waals surface area contributed by atoms with Gasteiger partial charge in [-0.3, -0.25) is 0 Å². The number of nitrogens with zero attached hydrogens (tertiary/aromatic N) is 1. The second-order valence-electron chi connectivity index (χ2n) is 1.13. The molecule has 0 aromatic rings. The van der Waals surface area contributed by atoms with Gasteiger partial charge in [0, 0.05) is 13.1 Å². The highest BCUT2D eigenvalue weighted by Gasteiger charge is 2.02. The van der Waals surface area contributed by atoms with Crippen LogP contribution in [-0.2, 0) is 4.94 Å². The lowest BCUT2D eigenvalue weighted by Crippen LogP contribution is -2.14. The van der Waals surface area contributed by atoms with Crippen LogP contribution in [0.3, 0.4) is 0 Å². The molecular formula is C2H5BN2O. The molecule has 0 aromatic heterocycles. The molecule has 1 heterocycles. The van der Waals surface area contributed by atoms with Crippen molar-refractivity contribution in [2.24, 2.45) is 0 Å². The maximum absolute atomic E-state index is 5.08. The van der Waals surface area contributed by atoms with Crippen molar-refractivity contribution in [1.82, 2.24) is 10.5 Å². The fourth-order valence-corrected chi connectivity index (χ4v) is 0.330. The van der Waals surface area contributed by atoms with Gasteiger partial charge in [0.05, 0.1) is 0 Å². The van der Waals surface area contributed by atoms with Crippen LogP contribution in [0.15, 0.2) is 0 Å². The molecule has 3 nitrogen and oxygen atoms in total. The SMILES string of the molecule is [B]N1CCNO1. The largest absolute Gasteiger partial charge is 0.227 e. The second-order valence-corrected chi connectivity index (χ2v) is 1.13. The molecule has 0 amide bonds. The predicted molar refractivity (Wildman–Crippen MR) is 21.5 cm³/mol. The van der Waals surface area contributed by atoms with Crippen LogP contribution in [-0.4, -0.2) is 26.0 Å². The minimum absolute atomic E-state index is 0.764. The molecule has 1 saturated heterocycles. The molecule has 0 atom stereocenters. The third-order valence-corrected chi connectivity index (χ3v) is 0.616. The van der Waals surface area contributed by atoms with Crippen LogP contribution in [0.2, 0.25) is 0 Å². The molecule has 6 heavy (non-hydrogen) atoms. The van der Waals surface area contributed by atoms with Gasteiger partial charge in [0.25, 0.3) is 0 Å². The average Bonchev–Trinajstić information content (AvgIpc) is 1.86. The summed E-state index contributed by atoms with van der Waals surface area (Å²) in [6.45, 7) is 1.58. The molecule has 0 saturated carbocycles. The van der Waals surface area contributed by atoms with E-state index in [9.17, 15) is 0 Å². The quantitative estimate of drug-likeness (QED) is 0.374. The van der Waals surface area contributed by atoms with Crippen LogP contribution < -0.4 is 5.48 Å². The zero-order valence-corrected chi connectivity index (χ0v) is 3.35. The van der Waals surface area contributed by atoms with Crippen LogP contribution in [0.1, 0.15) is 0 Å². The normalized spacial score (nSPS) is 25.3. The predicted octanol–water partition coefficient (Wildman–Crippen LogP) is -1.18. The Morgan fingerprint density at radius 3 is 2.83 bits per heavy atom. The molecule has 0 spiro atoms. The molecule has 1 N–H and O–H groups in total. The van der Waals surface area contributed by atoms with Crippen LogP contribution >= 0.6 is 0 Å². The highest BCUT2D eigenvalue weighted by atomic mass is 16.8. The van der Waals surface area contributed by atoms with Gasteiger partial charge in [-0.1, -0.05) is 0 Å². The van der Waals surface area contributed by atoms with E-state index in [1.54, 1.807) is 0 Å². The molecule has 4 heteroatoms. The third-order valence-electron chi connectivity index (χ3n) is 0.616. The van der Waals surface area contributed by atoms with Crippen molar-refractivity contribution in [1.29, 1.82) is 0 Å². The summed E-state index contributed by atoms with van der Waals surface area (Å²) in [4.78, 5) is 5.76. The van der Waals surface area contributed by atoms with Crippen LogP contribution in [0.5, 0.6) is 0 Å². The summed E-state index contributed by atoms with van der Waals surface area (Å²) in [6.07, 6.45) is 0. The lowest BCUT2D eigenvalue weighted by molar-refractivity contribution is -0.0876. The van der Waals surface area contributed by atoms with Crippen molar-refractivity contribution in [2.75, 3.05) is 13.1 Å². The molecule has 1 aliphatic heterocycles. The summed E-state index contributed by atoms with van der Waals surface area (Å²) < 4.78 is 0. The van der Waals surface area contributed by atoms with Crippen molar-refractivity contribution in [3.8, 4) is 0 Å². The Balaban J connectivity index is 2.18. The summed E-state index contributed by atoms with van der Waals surface area (Å²) in [5.74, 6) is 0. The standard InChI is InChI=1S/C2H5BN2O/c3-5-2-1-4-6-5/h4H,1-2H2. The first-order chi connectivity index (χ1) is 2.89. The summed E-state index contributed by atoms with van der Waals surface area (Å²) in [6, 6.07) is 0. The van der Waals surface area contributed by atoms with E-state index in [4.69, 9.17) is 7.98 Å². The summed E-state index contributed by atoms with van der Waals surface area (Å²) >= 11 is 0. The van der Waals surface area contributed by atoms with Gasteiger partial charge >= 0.3 is 0 Å². The van der Waals surface area contributed by atoms with E-state index >= 15 is 0 Å². The zero-order chi connectivity index (χ0) is 4.41. The van der Waals surface area contributed by atoms with Gasteiger partial charge in [0.15, 0.2) is 0 Å². The fourth-order valence-electron chi connectivity index (χ4n) is 0.330. The monoisotopic (exact) mass is 84.0 g/mol. The number of hydrogen-bond acceptors (Lipinski definition) is 3.